The molecule has 2 aromatic carbocycles. The van der Waals surface area contributed by atoms with Crippen molar-refractivity contribution in [2.24, 2.45) is 0 Å². The second kappa shape index (κ2) is 9.55. The maximum Gasteiger partial charge on any atom is 0.334 e. The normalized spacial score (nSPS) is 24.2. The number of para-hydroxylation sites is 1. The lowest BCUT2D eigenvalue weighted by Crippen LogP contribution is -2.72. The molecule has 0 bridgehead atoms. The minimum atomic E-state index is -1.66. The van der Waals surface area contributed by atoms with Gasteiger partial charge in [-0.2, -0.15) is 0 Å². The van der Waals surface area contributed by atoms with Gasteiger partial charge in [-0.05, 0) is 54.9 Å². The van der Waals surface area contributed by atoms with Gasteiger partial charge in [-0.25, -0.2) is 4.79 Å². The molecule has 1 N–H and O–H groups in total. The summed E-state index contributed by atoms with van der Waals surface area (Å²) in [5, 5.41) is 12.5. The Bertz CT molecular complexity index is 1140. The Morgan fingerprint density at radius 1 is 1.14 bits per heavy atom. The molecule has 0 saturated carbocycles. The number of β-lactam (4-membered cyclic amide) rings is 1. The maximum absolute atomic E-state index is 13.2. The number of amides is 2. The predicted octanol–water partition coefficient (Wildman–Crippen LogP) is 1.28. The minimum absolute atomic E-state index is 0.0938. The summed E-state index contributed by atoms with van der Waals surface area (Å²) in [4.78, 5) is 49.5. The van der Waals surface area contributed by atoms with Crippen molar-refractivity contribution in [3.8, 4) is 5.75 Å². The number of carbonyl (C=O) groups excluding carboxylic acids is 3. The fraction of sp³-hybridized carbons (Fsp3) is 0.348. The summed E-state index contributed by atoms with van der Waals surface area (Å²) >= 11 is -1.66. The number of nitro benzene ring substituents is 1. The number of benzene rings is 2. The highest BCUT2D eigenvalue weighted by Gasteiger charge is 2.73. The van der Waals surface area contributed by atoms with Gasteiger partial charge in [0, 0.05) is 12.1 Å². The fourth-order valence-electron chi connectivity index (χ4n) is 4.10. The third-order valence-corrected chi connectivity index (χ3v) is 8.13. The number of ether oxygens (including phenoxy) is 2. The molecule has 2 heterocycles. The Kier molecular flexibility index (Phi) is 6.68. The molecular weight excluding hydrogens is 478 g/mol. The number of nitro groups is 1. The van der Waals surface area contributed by atoms with E-state index in [1.54, 1.807) is 44.2 Å². The van der Waals surface area contributed by atoms with Crippen molar-refractivity contribution >= 4 is 34.6 Å². The van der Waals surface area contributed by atoms with E-state index in [9.17, 15) is 29.1 Å². The van der Waals surface area contributed by atoms with E-state index < -0.39 is 56.1 Å². The van der Waals surface area contributed by atoms with Crippen LogP contribution in [0.25, 0.3) is 0 Å². The van der Waals surface area contributed by atoms with Crippen molar-refractivity contribution < 1.29 is 33.3 Å². The highest BCUT2D eigenvalue weighted by Crippen LogP contribution is 2.46. The van der Waals surface area contributed by atoms with Gasteiger partial charge in [0.15, 0.2) is 23.4 Å². The number of hydrogen-bond donors (Lipinski definition) is 1. The van der Waals surface area contributed by atoms with Crippen LogP contribution < -0.4 is 10.1 Å². The standard InChI is InChI=1S/C23H23N3O8S/c1-23(2)19(22(29)34-12-14-8-10-15(11-9-14)26(30)31)25-20(28)18(21(25)35(23)32)24-17(27)13-33-16-6-4-3-5-7-16/h3-11,18-19,21H,12-13H2,1-2H3,(H,24,27)/t18-,19?,21+,35?/m1/s1. The number of esters is 1. The molecule has 0 aromatic heterocycles. The number of non-ortho nitro benzene ring substituents is 1. The molecule has 2 aliphatic heterocycles. The zero-order chi connectivity index (χ0) is 25.3. The molecule has 12 heteroatoms. The fourth-order valence-corrected chi connectivity index (χ4v) is 6.02. The van der Waals surface area contributed by atoms with Crippen LogP contribution in [0, 0.1) is 10.1 Å². The monoisotopic (exact) mass is 501 g/mol. The molecule has 184 valence electrons. The molecule has 4 rings (SSSR count). The first kappa shape index (κ1) is 24.5. The van der Waals surface area contributed by atoms with Crippen molar-refractivity contribution in [1.82, 2.24) is 10.2 Å². The first-order chi connectivity index (χ1) is 16.6. The van der Waals surface area contributed by atoms with Crippen LogP contribution in [0.5, 0.6) is 5.75 Å². The van der Waals surface area contributed by atoms with Gasteiger partial charge >= 0.3 is 5.97 Å². The molecule has 0 aliphatic carbocycles. The second-order valence-electron chi connectivity index (χ2n) is 8.62. The lowest BCUT2D eigenvalue weighted by atomic mass is 9.96. The van der Waals surface area contributed by atoms with Gasteiger partial charge in [0.05, 0.1) is 4.92 Å². The molecule has 2 saturated heterocycles. The van der Waals surface area contributed by atoms with E-state index in [1.807, 2.05) is 0 Å². The zero-order valence-electron chi connectivity index (χ0n) is 18.9. The number of rotatable bonds is 8. The van der Waals surface area contributed by atoms with E-state index in [2.05, 4.69) is 5.32 Å². The van der Waals surface area contributed by atoms with E-state index >= 15 is 0 Å². The van der Waals surface area contributed by atoms with Crippen LogP contribution in [-0.2, 0) is 36.9 Å². The largest absolute Gasteiger partial charge is 0.614 e. The van der Waals surface area contributed by atoms with Crippen LogP contribution in [0.4, 0.5) is 5.69 Å². The molecule has 2 aromatic rings. The third kappa shape index (κ3) is 4.66. The van der Waals surface area contributed by atoms with Crippen molar-refractivity contribution in [2.45, 2.75) is 42.7 Å². The van der Waals surface area contributed by atoms with Crippen LogP contribution in [-0.4, -0.2) is 61.0 Å². The molecule has 35 heavy (non-hydrogen) atoms. The molecule has 2 unspecified atom stereocenters. The summed E-state index contributed by atoms with van der Waals surface area (Å²) in [7, 11) is 0. The number of fused-ring (bicyclic) bond motifs is 1. The van der Waals surface area contributed by atoms with E-state index in [0.29, 0.717) is 11.3 Å². The smallest absolute Gasteiger partial charge is 0.334 e. The molecule has 0 radical (unpaired) electrons. The summed E-state index contributed by atoms with van der Waals surface area (Å²) in [5.74, 6) is -1.33. The van der Waals surface area contributed by atoms with Gasteiger partial charge in [-0.3, -0.25) is 24.6 Å². The Hall–Kier alpha value is -3.64. The molecule has 2 fully saturated rings. The first-order valence-corrected chi connectivity index (χ1v) is 11.9. The van der Waals surface area contributed by atoms with E-state index in [4.69, 9.17) is 9.47 Å². The third-order valence-electron chi connectivity index (χ3n) is 5.94. The van der Waals surface area contributed by atoms with Crippen LogP contribution in [0.15, 0.2) is 54.6 Å². The van der Waals surface area contributed by atoms with Gasteiger partial charge in [-0.1, -0.05) is 18.2 Å². The lowest BCUT2D eigenvalue weighted by molar-refractivity contribution is -0.384. The van der Waals surface area contributed by atoms with Gasteiger partial charge in [-0.15, -0.1) is 0 Å². The van der Waals surface area contributed by atoms with E-state index in [-0.39, 0.29) is 18.9 Å². The number of nitrogens with zero attached hydrogens (tertiary/aromatic N) is 2. The molecule has 11 nitrogen and oxygen atoms in total. The first-order valence-electron chi connectivity index (χ1n) is 10.7. The van der Waals surface area contributed by atoms with Gasteiger partial charge in [0.2, 0.25) is 5.37 Å². The van der Waals surface area contributed by atoms with Gasteiger partial charge in [0.25, 0.3) is 17.5 Å². The van der Waals surface area contributed by atoms with Gasteiger partial charge < -0.3 is 19.3 Å². The van der Waals surface area contributed by atoms with E-state index in [0.717, 1.165) is 0 Å². The average molecular weight is 502 g/mol. The van der Waals surface area contributed by atoms with Gasteiger partial charge in [0.1, 0.15) is 12.4 Å². The summed E-state index contributed by atoms with van der Waals surface area (Å²) in [6.45, 7) is 2.71. The predicted molar refractivity (Wildman–Crippen MR) is 123 cm³/mol. The van der Waals surface area contributed by atoms with Crippen LogP contribution in [0.2, 0.25) is 0 Å². The SMILES string of the molecule is CC1(C)C(C(=O)OCc2ccc([N+](=O)[O-])cc2)N2C(=O)[C@@H](NC(=O)COc3ccccc3)[C@@H]2[S+]1[O-]. The topological polar surface area (TPSA) is 151 Å². The quantitative estimate of drug-likeness (QED) is 0.187. The van der Waals surface area contributed by atoms with Crippen LogP contribution in [0.1, 0.15) is 19.4 Å². The number of nitrogens with one attached hydrogen (secondary N) is 1. The minimum Gasteiger partial charge on any atom is -0.614 e. The number of carbonyl (C=O) groups is 3. The van der Waals surface area contributed by atoms with Crippen LogP contribution >= 0.6 is 0 Å². The van der Waals surface area contributed by atoms with Crippen LogP contribution in [0.3, 0.4) is 0 Å². The summed E-state index contributed by atoms with van der Waals surface area (Å²) in [6, 6.07) is 12.1. The van der Waals surface area contributed by atoms with Crippen molar-refractivity contribution in [2.75, 3.05) is 6.61 Å². The lowest BCUT2D eigenvalue weighted by Gasteiger charge is -2.41. The highest BCUT2D eigenvalue weighted by molar-refractivity contribution is 7.94. The Labute approximate surface area is 203 Å². The summed E-state index contributed by atoms with van der Waals surface area (Å²) < 4.78 is 22.8. The molecule has 2 aliphatic rings. The Morgan fingerprint density at radius 2 is 1.80 bits per heavy atom. The van der Waals surface area contributed by atoms with Crippen molar-refractivity contribution in [1.29, 1.82) is 0 Å². The Morgan fingerprint density at radius 3 is 2.43 bits per heavy atom. The summed E-state index contributed by atoms with van der Waals surface area (Å²) in [6.07, 6.45) is 0. The second-order valence-corrected chi connectivity index (χ2v) is 10.7. The zero-order valence-corrected chi connectivity index (χ0v) is 19.7. The van der Waals surface area contributed by atoms with Crippen molar-refractivity contribution in [3.05, 3.63) is 70.3 Å². The Balaban J connectivity index is 1.38. The average Bonchev–Trinajstić information content (AvgIpc) is 3.03. The van der Waals surface area contributed by atoms with Crippen molar-refractivity contribution in [3.63, 3.8) is 0 Å². The van der Waals surface area contributed by atoms with E-state index in [1.165, 1.54) is 29.2 Å². The highest BCUT2D eigenvalue weighted by atomic mass is 32.2. The molecule has 4 atom stereocenters. The maximum atomic E-state index is 13.2. The summed E-state index contributed by atoms with van der Waals surface area (Å²) in [5.41, 5.74) is 0.430. The number of hydrogen-bond acceptors (Lipinski definition) is 8. The molecular formula is C23H23N3O8S. The molecule has 0 spiro atoms. The molecule has 2 amide bonds.